The summed E-state index contributed by atoms with van der Waals surface area (Å²) in [7, 11) is -1.12. The van der Waals surface area contributed by atoms with Gasteiger partial charge in [0.15, 0.2) is 4.90 Å². The topological polar surface area (TPSA) is 133 Å². The molecule has 0 fully saturated rings. The quantitative estimate of drug-likeness (QED) is 0.243. The lowest BCUT2D eigenvalue weighted by Crippen LogP contribution is -2.33. The van der Waals surface area contributed by atoms with E-state index in [0.29, 0.717) is 36.0 Å². The number of hydrogen-bond donors (Lipinski definition) is 1. The van der Waals surface area contributed by atoms with Crippen LogP contribution in [0.1, 0.15) is 61.7 Å². The van der Waals surface area contributed by atoms with Crippen molar-refractivity contribution in [1.82, 2.24) is 14.5 Å². The molecule has 44 heavy (non-hydrogen) atoms. The maximum absolute atomic E-state index is 14.1. The minimum absolute atomic E-state index is 0.0666. The lowest BCUT2D eigenvalue weighted by Gasteiger charge is -2.23. The van der Waals surface area contributed by atoms with Gasteiger partial charge in [0, 0.05) is 20.5 Å². The van der Waals surface area contributed by atoms with E-state index < -0.39 is 32.2 Å². The second-order valence-electron chi connectivity index (χ2n) is 10.8. The Morgan fingerprint density at radius 2 is 1.75 bits per heavy atom. The maximum Gasteiger partial charge on any atom is 0.277 e. The van der Waals surface area contributed by atoms with Crippen molar-refractivity contribution in [2.75, 3.05) is 14.1 Å². The molecule has 4 rings (SSSR count). The molecule has 0 saturated heterocycles. The molecule has 1 heterocycles. The van der Waals surface area contributed by atoms with Crippen LogP contribution in [0.2, 0.25) is 0 Å². The third kappa shape index (κ3) is 6.58. The van der Waals surface area contributed by atoms with E-state index in [-0.39, 0.29) is 23.0 Å². The Kier molecular flexibility index (Phi) is 10.0. The Labute approximate surface area is 258 Å². The van der Waals surface area contributed by atoms with E-state index in [4.69, 9.17) is 0 Å². The summed E-state index contributed by atoms with van der Waals surface area (Å²) in [5, 5.41) is 20.3. The fourth-order valence-corrected chi connectivity index (χ4v) is 6.55. The van der Waals surface area contributed by atoms with Crippen LogP contribution in [0.5, 0.6) is 5.88 Å². The number of carbonyl (C=O) groups is 1. The van der Waals surface area contributed by atoms with Crippen LogP contribution in [0.4, 0.5) is 0 Å². The number of unbranched alkanes of at least 4 members (excludes halogenated alkanes) is 1. The molecule has 0 bridgehead atoms. The highest BCUT2D eigenvalue weighted by atomic mass is 32.2. The Balaban J connectivity index is 1.82. The summed E-state index contributed by atoms with van der Waals surface area (Å²) in [6.45, 7) is 3.85. The molecule has 0 unspecified atom stereocenters. The molecule has 3 aromatic carbocycles. The first-order valence-electron chi connectivity index (χ1n) is 14.5. The molecule has 0 saturated carbocycles. The van der Waals surface area contributed by atoms with E-state index in [9.17, 15) is 28.4 Å². The standard InChI is InChI=1S/C34H36N4O5S/c1-5-7-15-30-36-33(40)32(34(41)38(30)29(6-2)26-13-10-11-23(20-26)22-35)44(42,43)27-18-16-24(17-19-27)28-14-9-8-12-25(28)21-31(39)37(3)4/h8-14,16-20,29,40H,5-7,15,21H2,1-4H3/t29-/m0/s1. The maximum atomic E-state index is 14.1. The van der Waals surface area contributed by atoms with Crippen molar-refractivity contribution in [1.29, 1.82) is 5.26 Å². The number of amides is 1. The zero-order chi connectivity index (χ0) is 32.0. The number of nitrogens with zero attached hydrogens (tertiary/aromatic N) is 4. The summed E-state index contributed by atoms with van der Waals surface area (Å²) in [6, 6.07) is 21.7. The summed E-state index contributed by atoms with van der Waals surface area (Å²) in [6.07, 6.45) is 2.44. The van der Waals surface area contributed by atoms with Crippen LogP contribution >= 0.6 is 0 Å². The Hall–Kier alpha value is -4.75. The molecule has 228 valence electrons. The number of sulfone groups is 1. The van der Waals surface area contributed by atoms with Crippen LogP contribution in [0.15, 0.2) is 87.4 Å². The molecule has 4 aromatic rings. The minimum Gasteiger partial charge on any atom is -0.492 e. The number of aromatic hydroxyl groups is 1. The van der Waals surface area contributed by atoms with Crippen LogP contribution in [0, 0.1) is 11.3 Å². The lowest BCUT2D eigenvalue weighted by atomic mass is 9.97. The van der Waals surface area contributed by atoms with Crippen molar-refractivity contribution in [3.8, 4) is 23.1 Å². The van der Waals surface area contributed by atoms with Crippen molar-refractivity contribution in [3.05, 3.63) is 106 Å². The van der Waals surface area contributed by atoms with Crippen LogP contribution in [-0.4, -0.2) is 48.0 Å². The molecule has 0 aliphatic heterocycles. The Morgan fingerprint density at radius 1 is 1.05 bits per heavy atom. The van der Waals surface area contributed by atoms with Crippen molar-refractivity contribution < 1.29 is 18.3 Å². The van der Waals surface area contributed by atoms with Crippen LogP contribution < -0.4 is 5.56 Å². The molecule has 0 aliphatic rings. The van der Waals surface area contributed by atoms with Gasteiger partial charge in [-0.25, -0.2) is 8.42 Å². The summed E-state index contributed by atoms with van der Waals surface area (Å²) in [5.74, 6) is -0.626. The van der Waals surface area contributed by atoms with E-state index in [2.05, 4.69) is 11.1 Å². The molecule has 1 N–H and O–H groups in total. The SMILES string of the molecule is CCCCc1nc(O)c(S(=O)(=O)c2ccc(-c3ccccc3CC(=O)N(C)C)cc2)c(=O)n1[C@@H](CC)c1cccc(C#N)c1. The van der Waals surface area contributed by atoms with Crippen LogP contribution in [-0.2, 0) is 27.5 Å². The van der Waals surface area contributed by atoms with Gasteiger partial charge in [-0.3, -0.25) is 14.2 Å². The van der Waals surface area contributed by atoms with Crippen LogP contribution in [0.3, 0.4) is 0 Å². The predicted molar refractivity (Wildman–Crippen MR) is 168 cm³/mol. The molecule has 9 nitrogen and oxygen atoms in total. The molecule has 0 spiro atoms. The molecular formula is C34H36N4O5S. The molecule has 10 heteroatoms. The van der Waals surface area contributed by atoms with E-state index in [0.717, 1.165) is 17.5 Å². The molecular weight excluding hydrogens is 576 g/mol. The minimum atomic E-state index is -4.50. The Bertz CT molecular complexity index is 1870. The van der Waals surface area contributed by atoms with E-state index >= 15 is 0 Å². The third-order valence-electron chi connectivity index (χ3n) is 7.58. The average Bonchev–Trinajstić information content (AvgIpc) is 3.01. The molecule has 1 amide bonds. The van der Waals surface area contributed by atoms with E-state index in [1.54, 1.807) is 50.5 Å². The number of rotatable bonds is 11. The second kappa shape index (κ2) is 13.7. The van der Waals surface area contributed by atoms with Crippen molar-refractivity contribution >= 4 is 15.7 Å². The fraction of sp³-hybridized carbons (Fsp3) is 0.294. The summed E-state index contributed by atoms with van der Waals surface area (Å²) in [4.78, 5) is 31.3. The van der Waals surface area contributed by atoms with Crippen molar-refractivity contribution in [2.45, 2.75) is 61.8 Å². The highest BCUT2D eigenvalue weighted by Gasteiger charge is 2.31. The van der Waals surface area contributed by atoms with E-state index in [1.165, 1.54) is 21.6 Å². The highest BCUT2D eigenvalue weighted by Crippen LogP contribution is 2.31. The predicted octanol–water partition coefficient (Wildman–Crippen LogP) is 5.29. The molecule has 0 radical (unpaired) electrons. The summed E-state index contributed by atoms with van der Waals surface area (Å²) >= 11 is 0. The number of aryl methyl sites for hydroxylation is 1. The number of carbonyl (C=O) groups excluding carboxylic acids is 1. The normalized spacial score (nSPS) is 12.0. The smallest absolute Gasteiger partial charge is 0.277 e. The number of benzene rings is 3. The van der Waals surface area contributed by atoms with Gasteiger partial charge in [-0.15, -0.1) is 0 Å². The number of aromatic nitrogens is 2. The third-order valence-corrected chi connectivity index (χ3v) is 9.37. The van der Waals surface area contributed by atoms with Gasteiger partial charge in [0.1, 0.15) is 5.82 Å². The van der Waals surface area contributed by atoms with Gasteiger partial charge in [0.2, 0.25) is 21.6 Å². The molecule has 0 aliphatic carbocycles. The summed E-state index contributed by atoms with van der Waals surface area (Å²) in [5.41, 5.74) is 2.48. The van der Waals surface area contributed by atoms with Gasteiger partial charge >= 0.3 is 0 Å². The number of hydrogen-bond acceptors (Lipinski definition) is 7. The van der Waals surface area contributed by atoms with Gasteiger partial charge in [-0.2, -0.15) is 10.2 Å². The van der Waals surface area contributed by atoms with Gasteiger partial charge in [0.25, 0.3) is 5.56 Å². The summed E-state index contributed by atoms with van der Waals surface area (Å²) < 4.78 is 29.2. The van der Waals surface area contributed by atoms with E-state index in [1.807, 2.05) is 38.1 Å². The van der Waals surface area contributed by atoms with Gasteiger partial charge in [0.05, 0.1) is 29.0 Å². The Morgan fingerprint density at radius 3 is 2.39 bits per heavy atom. The average molecular weight is 613 g/mol. The lowest BCUT2D eigenvalue weighted by molar-refractivity contribution is -0.127. The first kappa shape index (κ1) is 32.2. The number of likely N-dealkylation sites (N-methyl/N-ethyl adjacent to an activating group) is 1. The second-order valence-corrected chi connectivity index (χ2v) is 12.7. The largest absolute Gasteiger partial charge is 0.492 e. The zero-order valence-corrected chi connectivity index (χ0v) is 26.1. The monoisotopic (exact) mass is 612 g/mol. The van der Waals surface area contributed by atoms with Gasteiger partial charge in [-0.1, -0.05) is 68.8 Å². The first-order chi connectivity index (χ1) is 21.0. The first-order valence-corrected chi connectivity index (χ1v) is 16.0. The van der Waals surface area contributed by atoms with Gasteiger partial charge < -0.3 is 10.0 Å². The number of nitriles is 1. The van der Waals surface area contributed by atoms with Gasteiger partial charge in [-0.05, 0) is 59.4 Å². The molecule has 1 atom stereocenters. The molecule has 1 aromatic heterocycles. The van der Waals surface area contributed by atoms with Crippen LogP contribution in [0.25, 0.3) is 11.1 Å². The fourth-order valence-electron chi connectivity index (χ4n) is 5.21. The zero-order valence-electron chi connectivity index (χ0n) is 25.3. The van der Waals surface area contributed by atoms with Crippen molar-refractivity contribution in [3.63, 3.8) is 0 Å². The van der Waals surface area contributed by atoms with Crippen molar-refractivity contribution in [2.24, 2.45) is 0 Å². The highest BCUT2D eigenvalue weighted by molar-refractivity contribution is 7.91.